The normalized spacial score (nSPS) is 21.5. The van der Waals surface area contributed by atoms with Crippen LogP contribution in [0.3, 0.4) is 0 Å². The molecular weight excluding hydrogens is 283 g/mol. The molecular formula is C16H19FN4O. The summed E-state index contributed by atoms with van der Waals surface area (Å²) < 4.78 is 14.7. The topological polar surface area (TPSA) is 58.9 Å². The summed E-state index contributed by atoms with van der Waals surface area (Å²) in [5, 5.41) is 6.41. The van der Waals surface area contributed by atoms with Crippen molar-refractivity contribution < 1.29 is 9.18 Å². The van der Waals surface area contributed by atoms with Crippen LogP contribution in [-0.4, -0.2) is 34.1 Å². The van der Waals surface area contributed by atoms with Gasteiger partial charge in [-0.2, -0.15) is 0 Å². The number of nitrogens with zero attached hydrogens (tertiary/aromatic N) is 2. The van der Waals surface area contributed by atoms with Crippen LogP contribution in [0.5, 0.6) is 0 Å². The van der Waals surface area contributed by atoms with E-state index >= 15 is 0 Å². The average molecular weight is 302 g/mol. The van der Waals surface area contributed by atoms with Crippen molar-refractivity contribution in [3.05, 3.63) is 48.3 Å². The summed E-state index contributed by atoms with van der Waals surface area (Å²) >= 11 is 0. The molecule has 116 valence electrons. The first-order valence-corrected chi connectivity index (χ1v) is 7.47. The minimum absolute atomic E-state index is 0.109. The molecule has 1 aliphatic heterocycles. The number of carbonyl (C=O) groups excluding carboxylic acids is 1. The third kappa shape index (κ3) is 3.01. The molecule has 1 aromatic heterocycles. The Bertz CT molecular complexity index is 652. The average Bonchev–Trinajstić information content (AvgIpc) is 3.00. The first-order chi connectivity index (χ1) is 10.6. The maximum Gasteiger partial charge on any atom is 0.270 e. The van der Waals surface area contributed by atoms with E-state index < -0.39 is 0 Å². The zero-order chi connectivity index (χ0) is 15.5. The Morgan fingerprint density at radius 2 is 2.18 bits per heavy atom. The van der Waals surface area contributed by atoms with Gasteiger partial charge < -0.3 is 10.6 Å². The van der Waals surface area contributed by atoms with E-state index in [0.717, 1.165) is 19.4 Å². The molecule has 2 atom stereocenters. The van der Waals surface area contributed by atoms with Crippen molar-refractivity contribution in [1.29, 1.82) is 0 Å². The molecule has 1 fully saturated rings. The third-order valence-electron chi connectivity index (χ3n) is 4.05. The largest absolute Gasteiger partial charge is 0.346 e. The molecule has 0 aliphatic carbocycles. The second kappa shape index (κ2) is 6.27. The molecule has 0 bridgehead atoms. The summed E-state index contributed by atoms with van der Waals surface area (Å²) in [7, 11) is 0. The van der Waals surface area contributed by atoms with Crippen molar-refractivity contribution >= 4 is 5.91 Å². The summed E-state index contributed by atoms with van der Waals surface area (Å²) in [5.74, 6) is -0.473. The Hall–Kier alpha value is -2.21. The van der Waals surface area contributed by atoms with Crippen LogP contribution in [-0.2, 0) is 0 Å². The van der Waals surface area contributed by atoms with E-state index in [-0.39, 0.29) is 23.8 Å². The molecule has 0 spiro atoms. The number of hydrogen-bond donors (Lipinski definition) is 2. The molecule has 22 heavy (non-hydrogen) atoms. The molecule has 2 unspecified atom stereocenters. The molecule has 0 radical (unpaired) electrons. The number of amides is 1. The predicted molar refractivity (Wildman–Crippen MR) is 81.5 cm³/mol. The minimum atomic E-state index is -0.308. The fourth-order valence-electron chi connectivity index (χ4n) is 2.75. The predicted octanol–water partition coefficient (Wildman–Crippen LogP) is 1.88. The Morgan fingerprint density at radius 1 is 1.41 bits per heavy atom. The molecule has 2 N–H and O–H groups in total. The maximum atomic E-state index is 13.0. The lowest BCUT2D eigenvalue weighted by atomic mass is 10.00. The monoisotopic (exact) mass is 302 g/mol. The van der Waals surface area contributed by atoms with Gasteiger partial charge in [0.1, 0.15) is 11.5 Å². The molecule has 0 saturated carbocycles. The van der Waals surface area contributed by atoms with Gasteiger partial charge in [-0.1, -0.05) is 0 Å². The quantitative estimate of drug-likeness (QED) is 0.910. The van der Waals surface area contributed by atoms with Gasteiger partial charge in [0, 0.05) is 17.8 Å². The standard InChI is InChI=1S/C16H19FN4O/c1-11-14(3-2-8-19-11)20-16(22)15-9-18-10-21(15)13-6-4-12(17)5-7-13/h4-7,9-11,14,19H,2-3,8H2,1H3,(H,20,22). The Morgan fingerprint density at radius 3 is 2.91 bits per heavy atom. The number of benzene rings is 1. The minimum Gasteiger partial charge on any atom is -0.346 e. The van der Waals surface area contributed by atoms with Crippen LogP contribution in [0.1, 0.15) is 30.3 Å². The number of hydrogen-bond acceptors (Lipinski definition) is 3. The first kappa shape index (κ1) is 14.7. The van der Waals surface area contributed by atoms with Gasteiger partial charge >= 0.3 is 0 Å². The van der Waals surface area contributed by atoms with Gasteiger partial charge in [0.25, 0.3) is 5.91 Å². The van der Waals surface area contributed by atoms with Crippen LogP contribution < -0.4 is 10.6 Å². The van der Waals surface area contributed by atoms with Crippen molar-refractivity contribution in [2.75, 3.05) is 6.54 Å². The first-order valence-electron chi connectivity index (χ1n) is 7.47. The smallest absolute Gasteiger partial charge is 0.270 e. The van der Waals surface area contributed by atoms with Crippen molar-refractivity contribution in [3.8, 4) is 5.69 Å². The van der Waals surface area contributed by atoms with Gasteiger partial charge in [0.05, 0.1) is 12.5 Å². The molecule has 3 rings (SSSR count). The zero-order valence-electron chi connectivity index (χ0n) is 12.4. The molecule has 1 saturated heterocycles. The molecule has 1 aromatic carbocycles. The highest BCUT2D eigenvalue weighted by Gasteiger charge is 2.24. The van der Waals surface area contributed by atoms with E-state index in [9.17, 15) is 9.18 Å². The number of halogens is 1. The fourth-order valence-corrected chi connectivity index (χ4v) is 2.75. The number of piperidine rings is 1. The van der Waals surface area contributed by atoms with Crippen molar-refractivity contribution in [1.82, 2.24) is 20.2 Å². The van der Waals surface area contributed by atoms with Gasteiger partial charge in [0.15, 0.2) is 0 Å². The van der Waals surface area contributed by atoms with Crippen molar-refractivity contribution in [2.24, 2.45) is 0 Å². The zero-order valence-corrected chi connectivity index (χ0v) is 12.4. The lowest BCUT2D eigenvalue weighted by molar-refractivity contribution is 0.0913. The van der Waals surface area contributed by atoms with Crippen LogP contribution in [0.2, 0.25) is 0 Å². The highest BCUT2D eigenvalue weighted by atomic mass is 19.1. The number of carbonyl (C=O) groups is 1. The number of aromatic nitrogens is 2. The van der Waals surface area contributed by atoms with E-state index in [4.69, 9.17) is 0 Å². The van der Waals surface area contributed by atoms with Crippen molar-refractivity contribution in [3.63, 3.8) is 0 Å². The van der Waals surface area contributed by atoms with E-state index in [1.165, 1.54) is 18.3 Å². The SMILES string of the molecule is CC1NCCCC1NC(=O)c1cncn1-c1ccc(F)cc1. The summed E-state index contributed by atoms with van der Waals surface area (Å²) in [6.07, 6.45) is 5.10. The summed E-state index contributed by atoms with van der Waals surface area (Å²) in [6.45, 7) is 3.06. The van der Waals surface area contributed by atoms with Gasteiger partial charge in [-0.05, 0) is 50.6 Å². The molecule has 5 nitrogen and oxygen atoms in total. The van der Waals surface area contributed by atoms with Crippen LogP contribution in [0.25, 0.3) is 5.69 Å². The number of rotatable bonds is 3. The van der Waals surface area contributed by atoms with Crippen LogP contribution in [0.4, 0.5) is 4.39 Å². The van der Waals surface area contributed by atoms with E-state index in [1.807, 2.05) is 0 Å². The van der Waals surface area contributed by atoms with E-state index in [1.54, 1.807) is 23.0 Å². The highest BCUT2D eigenvalue weighted by molar-refractivity contribution is 5.93. The van der Waals surface area contributed by atoms with Gasteiger partial charge in [0.2, 0.25) is 0 Å². The Kier molecular flexibility index (Phi) is 4.20. The molecule has 1 amide bonds. The number of imidazole rings is 1. The second-order valence-corrected chi connectivity index (χ2v) is 5.59. The highest BCUT2D eigenvalue weighted by Crippen LogP contribution is 2.14. The number of nitrogens with one attached hydrogen (secondary N) is 2. The summed E-state index contributed by atoms with van der Waals surface area (Å²) in [4.78, 5) is 16.6. The van der Waals surface area contributed by atoms with Crippen LogP contribution in [0.15, 0.2) is 36.8 Å². The third-order valence-corrected chi connectivity index (χ3v) is 4.05. The summed E-state index contributed by atoms with van der Waals surface area (Å²) in [6, 6.07) is 6.34. The van der Waals surface area contributed by atoms with Crippen molar-refractivity contribution in [2.45, 2.75) is 31.8 Å². The Labute approximate surface area is 128 Å². The van der Waals surface area contributed by atoms with Crippen LogP contribution >= 0.6 is 0 Å². The summed E-state index contributed by atoms with van der Waals surface area (Å²) in [5.41, 5.74) is 1.16. The lowest BCUT2D eigenvalue weighted by Crippen LogP contribution is -2.52. The van der Waals surface area contributed by atoms with Gasteiger partial charge in [-0.3, -0.25) is 9.36 Å². The molecule has 2 aromatic rings. The van der Waals surface area contributed by atoms with Crippen LogP contribution in [0, 0.1) is 5.82 Å². The second-order valence-electron chi connectivity index (χ2n) is 5.59. The molecule has 1 aliphatic rings. The fraction of sp³-hybridized carbons (Fsp3) is 0.375. The van der Waals surface area contributed by atoms with E-state index in [0.29, 0.717) is 11.4 Å². The van der Waals surface area contributed by atoms with Gasteiger partial charge in [-0.25, -0.2) is 9.37 Å². The molecule has 6 heteroatoms. The van der Waals surface area contributed by atoms with Gasteiger partial charge in [-0.15, -0.1) is 0 Å². The Balaban J connectivity index is 1.79. The molecule has 2 heterocycles. The maximum absolute atomic E-state index is 13.0. The lowest BCUT2D eigenvalue weighted by Gasteiger charge is -2.30. The van der Waals surface area contributed by atoms with E-state index in [2.05, 4.69) is 22.5 Å².